The fourth-order valence-corrected chi connectivity index (χ4v) is 1.97. The Hall–Kier alpha value is -0.0800. The molecule has 0 radical (unpaired) electrons. The SMILES string of the molecule is O[C@H]1C[C@H]2CC[C@H]1NC2. The highest BCUT2D eigenvalue weighted by molar-refractivity contribution is 4.90. The molecule has 1 aliphatic carbocycles. The number of fused-ring (bicyclic) bond motifs is 3. The number of aliphatic hydroxyl groups is 1. The molecule has 0 aromatic carbocycles. The van der Waals surface area contributed by atoms with Crippen molar-refractivity contribution in [3.05, 3.63) is 0 Å². The summed E-state index contributed by atoms with van der Waals surface area (Å²) in [6, 6.07) is 0.426. The van der Waals surface area contributed by atoms with Crippen molar-refractivity contribution in [2.75, 3.05) is 6.54 Å². The predicted molar refractivity (Wildman–Crippen MR) is 35.1 cm³/mol. The molecule has 3 atom stereocenters. The first-order chi connectivity index (χ1) is 4.36. The lowest BCUT2D eigenvalue weighted by Crippen LogP contribution is -2.52. The quantitative estimate of drug-likeness (QED) is 0.484. The molecule has 3 aliphatic rings. The molecule has 52 valence electrons. The highest BCUT2D eigenvalue weighted by atomic mass is 16.3. The van der Waals surface area contributed by atoms with Crippen LogP contribution >= 0.6 is 0 Å². The van der Waals surface area contributed by atoms with E-state index in [2.05, 4.69) is 5.32 Å². The second-order valence-electron chi connectivity index (χ2n) is 3.26. The summed E-state index contributed by atoms with van der Waals surface area (Å²) in [5, 5.41) is 12.7. The number of piperidine rings is 2. The Morgan fingerprint density at radius 3 is 2.44 bits per heavy atom. The Labute approximate surface area is 55.3 Å². The summed E-state index contributed by atoms with van der Waals surface area (Å²) in [6.07, 6.45) is 3.51. The van der Waals surface area contributed by atoms with Crippen molar-refractivity contribution < 1.29 is 5.11 Å². The summed E-state index contributed by atoms with van der Waals surface area (Å²) in [7, 11) is 0. The minimum Gasteiger partial charge on any atom is -0.391 e. The minimum atomic E-state index is -0.0440. The van der Waals surface area contributed by atoms with Crippen LogP contribution in [0.2, 0.25) is 0 Å². The van der Waals surface area contributed by atoms with Crippen molar-refractivity contribution >= 4 is 0 Å². The van der Waals surface area contributed by atoms with Gasteiger partial charge in [-0.1, -0.05) is 0 Å². The van der Waals surface area contributed by atoms with Crippen LogP contribution in [0.25, 0.3) is 0 Å². The average Bonchev–Trinajstić information content (AvgIpc) is 1.90. The Balaban J connectivity index is 2.06. The second-order valence-corrected chi connectivity index (χ2v) is 3.26. The van der Waals surface area contributed by atoms with Crippen molar-refractivity contribution in [3.8, 4) is 0 Å². The van der Waals surface area contributed by atoms with E-state index in [1.807, 2.05) is 0 Å². The lowest BCUT2D eigenvalue weighted by atomic mass is 9.80. The summed E-state index contributed by atoms with van der Waals surface area (Å²) in [5.41, 5.74) is 0. The molecule has 9 heavy (non-hydrogen) atoms. The molecule has 2 heterocycles. The number of aliphatic hydroxyl groups excluding tert-OH is 1. The van der Waals surface area contributed by atoms with Crippen LogP contribution in [0.4, 0.5) is 0 Å². The van der Waals surface area contributed by atoms with Crippen LogP contribution in [0.5, 0.6) is 0 Å². The summed E-state index contributed by atoms with van der Waals surface area (Å²) < 4.78 is 0. The zero-order chi connectivity index (χ0) is 6.27. The van der Waals surface area contributed by atoms with Gasteiger partial charge in [0.1, 0.15) is 0 Å². The molecular formula is C7H13NO. The molecule has 0 unspecified atom stereocenters. The van der Waals surface area contributed by atoms with Crippen LogP contribution < -0.4 is 5.32 Å². The van der Waals surface area contributed by atoms with Crippen LogP contribution in [0.1, 0.15) is 19.3 Å². The fraction of sp³-hybridized carbons (Fsp3) is 1.00. The molecule has 0 spiro atoms. The smallest absolute Gasteiger partial charge is 0.0696 e. The maximum atomic E-state index is 9.34. The Kier molecular flexibility index (Phi) is 1.24. The van der Waals surface area contributed by atoms with Crippen molar-refractivity contribution in [1.29, 1.82) is 0 Å². The zero-order valence-electron chi connectivity index (χ0n) is 5.51. The normalized spacial score (nSPS) is 49.7. The third-order valence-corrected chi connectivity index (χ3v) is 2.59. The maximum Gasteiger partial charge on any atom is 0.0696 e. The van der Waals surface area contributed by atoms with E-state index in [4.69, 9.17) is 0 Å². The molecule has 3 rings (SSSR count). The molecule has 0 amide bonds. The van der Waals surface area contributed by atoms with E-state index in [9.17, 15) is 5.11 Å². The van der Waals surface area contributed by atoms with E-state index in [1.54, 1.807) is 0 Å². The molecule has 2 saturated heterocycles. The highest BCUT2D eigenvalue weighted by Crippen LogP contribution is 2.28. The molecule has 0 aromatic heterocycles. The third-order valence-electron chi connectivity index (χ3n) is 2.59. The third kappa shape index (κ3) is 0.864. The van der Waals surface area contributed by atoms with E-state index in [0.29, 0.717) is 6.04 Å². The molecule has 2 N–H and O–H groups in total. The molecule has 3 fully saturated rings. The van der Waals surface area contributed by atoms with Crippen LogP contribution in [-0.2, 0) is 0 Å². The minimum absolute atomic E-state index is 0.0440. The van der Waals surface area contributed by atoms with E-state index in [1.165, 1.54) is 12.8 Å². The van der Waals surface area contributed by atoms with Gasteiger partial charge < -0.3 is 10.4 Å². The van der Waals surface area contributed by atoms with Crippen molar-refractivity contribution in [2.24, 2.45) is 5.92 Å². The van der Waals surface area contributed by atoms with Crippen molar-refractivity contribution in [3.63, 3.8) is 0 Å². The first kappa shape index (κ1) is 5.69. The topological polar surface area (TPSA) is 32.3 Å². The van der Waals surface area contributed by atoms with Gasteiger partial charge in [-0.25, -0.2) is 0 Å². The molecular weight excluding hydrogens is 114 g/mol. The van der Waals surface area contributed by atoms with Gasteiger partial charge >= 0.3 is 0 Å². The van der Waals surface area contributed by atoms with Gasteiger partial charge in [0.2, 0.25) is 0 Å². The van der Waals surface area contributed by atoms with Gasteiger partial charge in [-0.15, -0.1) is 0 Å². The highest BCUT2D eigenvalue weighted by Gasteiger charge is 2.33. The lowest BCUT2D eigenvalue weighted by molar-refractivity contribution is 0.0316. The van der Waals surface area contributed by atoms with Gasteiger partial charge in [0.15, 0.2) is 0 Å². The van der Waals surface area contributed by atoms with Gasteiger partial charge in [-0.3, -0.25) is 0 Å². The first-order valence-electron chi connectivity index (χ1n) is 3.78. The van der Waals surface area contributed by atoms with E-state index in [0.717, 1.165) is 18.9 Å². The maximum absolute atomic E-state index is 9.34. The molecule has 2 nitrogen and oxygen atoms in total. The van der Waals surface area contributed by atoms with E-state index in [-0.39, 0.29) is 6.10 Å². The van der Waals surface area contributed by atoms with Gasteiger partial charge in [0.05, 0.1) is 6.10 Å². The monoisotopic (exact) mass is 127 g/mol. The number of hydrogen-bond acceptors (Lipinski definition) is 2. The fourth-order valence-electron chi connectivity index (χ4n) is 1.97. The number of nitrogens with one attached hydrogen (secondary N) is 1. The number of hydrogen-bond donors (Lipinski definition) is 2. The Morgan fingerprint density at radius 2 is 2.22 bits per heavy atom. The van der Waals surface area contributed by atoms with Gasteiger partial charge in [-0.05, 0) is 31.7 Å². The largest absolute Gasteiger partial charge is 0.391 e. The Bertz CT molecular complexity index is 107. The molecule has 1 saturated carbocycles. The molecule has 2 heteroatoms. The zero-order valence-corrected chi connectivity index (χ0v) is 5.51. The number of rotatable bonds is 0. The van der Waals surface area contributed by atoms with Crippen LogP contribution in [0, 0.1) is 5.92 Å². The van der Waals surface area contributed by atoms with Gasteiger partial charge in [-0.2, -0.15) is 0 Å². The Morgan fingerprint density at radius 1 is 1.33 bits per heavy atom. The summed E-state index contributed by atoms with van der Waals surface area (Å²) >= 11 is 0. The molecule has 2 bridgehead atoms. The van der Waals surface area contributed by atoms with Gasteiger partial charge in [0, 0.05) is 6.04 Å². The summed E-state index contributed by atoms with van der Waals surface area (Å²) in [5.74, 6) is 0.769. The first-order valence-corrected chi connectivity index (χ1v) is 3.78. The lowest BCUT2D eigenvalue weighted by Gasteiger charge is -2.40. The van der Waals surface area contributed by atoms with Gasteiger partial charge in [0.25, 0.3) is 0 Å². The van der Waals surface area contributed by atoms with E-state index >= 15 is 0 Å². The van der Waals surface area contributed by atoms with E-state index < -0.39 is 0 Å². The van der Waals surface area contributed by atoms with Crippen molar-refractivity contribution in [2.45, 2.75) is 31.4 Å². The van der Waals surface area contributed by atoms with Crippen LogP contribution in [0.3, 0.4) is 0 Å². The standard InChI is InChI=1S/C7H13NO/c9-7-3-5-1-2-6(7)8-4-5/h5-9H,1-4H2/t5-,6-,7+/m1/s1. The summed E-state index contributed by atoms with van der Waals surface area (Å²) in [6.45, 7) is 1.14. The second kappa shape index (κ2) is 1.96. The van der Waals surface area contributed by atoms with Crippen molar-refractivity contribution in [1.82, 2.24) is 5.32 Å². The molecule has 0 aromatic rings. The predicted octanol–water partition coefficient (Wildman–Crippen LogP) is 0.119. The van der Waals surface area contributed by atoms with Crippen LogP contribution in [-0.4, -0.2) is 23.8 Å². The van der Waals surface area contributed by atoms with Crippen LogP contribution in [0.15, 0.2) is 0 Å². The average molecular weight is 127 g/mol. The molecule has 2 aliphatic heterocycles. The summed E-state index contributed by atoms with van der Waals surface area (Å²) in [4.78, 5) is 0.